The first-order valence-electron chi connectivity index (χ1n) is 8.18. The normalized spacial score (nSPS) is 10.4. The summed E-state index contributed by atoms with van der Waals surface area (Å²) in [5.41, 5.74) is 3.64. The number of aromatic nitrogens is 4. The molecule has 0 saturated heterocycles. The van der Waals surface area contributed by atoms with Crippen LogP contribution in [-0.4, -0.2) is 33.3 Å². The van der Waals surface area contributed by atoms with Crippen LogP contribution in [0.15, 0.2) is 49.1 Å². The molecule has 6 nitrogen and oxygen atoms in total. The number of benzene rings is 1. The predicted molar refractivity (Wildman–Crippen MR) is 97.0 cm³/mol. The van der Waals surface area contributed by atoms with Crippen molar-refractivity contribution in [1.82, 2.24) is 19.7 Å². The van der Waals surface area contributed by atoms with Gasteiger partial charge in [-0.1, -0.05) is 18.2 Å². The fraction of sp³-hybridized carbons (Fsp3) is 0.263. The third kappa shape index (κ3) is 3.66. The van der Waals surface area contributed by atoms with Crippen molar-refractivity contribution in [3.05, 3.63) is 60.4 Å². The molecule has 0 amide bonds. The maximum atomic E-state index is 9.54. The van der Waals surface area contributed by atoms with Crippen LogP contribution < -0.4 is 4.90 Å². The van der Waals surface area contributed by atoms with Gasteiger partial charge in [0, 0.05) is 50.6 Å². The Morgan fingerprint density at radius 1 is 1.24 bits per heavy atom. The van der Waals surface area contributed by atoms with Gasteiger partial charge in [-0.2, -0.15) is 5.26 Å². The number of para-hydroxylation sites is 1. The number of anilines is 1. The third-order valence-electron chi connectivity index (χ3n) is 4.21. The zero-order chi connectivity index (χ0) is 17.6. The van der Waals surface area contributed by atoms with E-state index in [1.165, 1.54) is 0 Å². The number of hydrogen-bond acceptors (Lipinski definition) is 5. The maximum Gasteiger partial charge on any atom is 0.132 e. The van der Waals surface area contributed by atoms with Gasteiger partial charge in [0.2, 0.25) is 0 Å². The minimum Gasteiger partial charge on any atom is -0.373 e. The quantitative estimate of drug-likeness (QED) is 0.694. The summed E-state index contributed by atoms with van der Waals surface area (Å²) in [6.07, 6.45) is 7.06. The van der Waals surface area contributed by atoms with Gasteiger partial charge in [0.15, 0.2) is 0 Å². The van der Waals surface area contributed by atoms with Crippen LogP contribution in [0.4, 0.5) is 5.69 Å². The first kappa shape index (κ1) is 16.7. The van der Waals surface area contributed by atoms with E-state index < -0.39 is 0 Å². The molecule has 0 aliphatic carbocycles. The summed E-state index contributed by atoms with van der Waals surface area (Å²) in [7, 11) is 3.97. The molecule has 6 heteroatoms. The molecule has 25 heavy (non-hydrogen) atoms. The van der Waals surface area contributed by atoms with Crippen molar-refractivity contribution in [1.29, 1.82) is 5.26 Å². The Morgan fingerprint density at radius 2 is 2.12 bits per heavy atom. The molecule has 0 unspecified atom stereocenters. The third-order valence-corrected chi connectivity index (χ3v) is 4.21. The Morgan fingerprint density at radius 3 is 2.80 bits per heavy atom. The molecule has 3 aromatic rings. The lowest BCUT2D eigenvalue weighted by Crippen LogP contribution is -2.21. The van der Waals surface area contributed by atoms with Crippen molar-refractivity contribution in [2.24, 2.45) is 7.05 Å². The number of hydrogen-bond donors (Lipinski definition) is 0. The molecule has 0 atom stereocenters. The van der Waals surface area contributed by atoms with Gasteiger partial charge in [-0.25, -0.2) is 0 Å². The molecule has 0 aliphatic heterocycles. The van der Waals surface area contributed by atoms with E-state index in [9.17, 15) is 5.26 Å². The first-order valence-corrected chi connectivity index (χ1v) is 8.18. The summed E-state index contributed by atoms with van der Waals surface area (Å²) in [5.74, 6) is 0.967. The smallest absolute Gasteiger partial charge is 0.132 e. The van der Waals surface area contributed by atoms with Crippen molar-refractivity contribution in [2.75, 3.05) is 18.5 Å². The van der Waals surface area contributed by atoms with Crippen molar-refractivity contribution in [2.45, 2.75) is 12.8 Å². The van der Waals surface area contributed by atoms with Gasteiger partial charge in [0.25, 0.3) is 0 Å². The molecular weight excluding hydrogens is 312 g/mol. The SMILES string of the molecule is CN(CCCc1nncn1C)c1c(C#N)cccc1-c1cccnc1. The van der Waals surface area contributed by atoms with Crippen LogP contribution >= 0.6 is 0 Å². The van der Waals surface area contributed by atoms with Crippen molar-refractivity contribution in [3.63, 3.8) is 0 Å². The van der Waals surface area contributed by atoms with Crippen LogP contribution in [0.2, 0.25) is 0 Å². The predicted octanol–water partition coefficient (Wildman–Crippen LogP) is 2.82. The molecule has 0 bridgehead atoms. The first-order chi connectivity index (χ1) is 12.2. The molecule has 3 rings (SSSR count). The Bertz CT molecular complexity index is 878. The van der Waals surface area contributed by atoms with Gasteiger partial charge >= 0.3 is 0 Å². The van der Waals surface area contributed by atoms with E-state index in [2.05, 4.69) is 26.2 Å². The highest BCUT2D eigenvalue weighted by atomic mass is 15.2. The molecular formula is C19H20N6. The molecule has 0 fully saturated rings. The van der Waals surface area contributed by atoms with E-state index in [0.29, 0.717) is 5.56 Å². The highest BCUT2D eigenvalue weighted by Gasteiger charge is 2.14. The van der Waals surface area contributed by atoms with E-state index in [1.54, 1.807) is 12.5 Å². The highest BCUT2D eigenvalue weighted by Crippen LogP contribution is 2.33. The molecule has 0 spiro atoms. The van der Waals surface area contributed by atoms with Gasteiger partial charge in [0.05, 0.1) is 11.3 Å². The fourth-order valence-electron chi connectivity index (χ4n) is 2.92. The summed E-state index contributed by atoms with van der Waals surface area (Å²) in [5, 5.41) is 17.6. The van der Waals surface area contributed by atoms with E-state index in [1.807, 2.05) is 55.2 Å². The zero-order valence-electron chi connectivity index (χ0n) is 14.4. The molecule has 0 radical (unpaired) electrons. The van der Waals surface area contributed by atoms with E-state index in [-0.39, 0.29) is 0 Å². The summed E-state index contributed by atoms with van der Waals surface area (Å²) in [6, 6.07) is 12.0. The van der Waals surface area contributed by atoms with E-state index in [4.69, 9.17) is 0 Å². The molecule has 0 saturated carbocycles. The maximum absolute atomic E-state index is 9.54. The van der Waals surface area contributed by atoms with Gasteiger partial charge in [-0.3, -0.25) is 4.98 Å². The van der Waals surface area contributed by atoms with Crippen LogP contribution in [0.1, 0.15) is 17.8 Å². The Labute approximate surface area is 147 Å². The standard InChI is InChI=1S/C19H20N6/c1-24(11-5-9-18-23-22-14-25(18)2)19-15(12-20)6-3-8-17(19)16-7-4-10-21-13-16/h3-4,6-8,10,13-14H,5,9,11H2,1-2H3. The highest BCUT2D eigenvalue weighted by molar-refractivity contribution is 5.82. The van der Waals surface area contributed by atoms with E-state index >= 15 is 0 Å². The number of rotatable bonds is 6. The second-order valence-electron chi connectivity index (χ2n) is 5.94. The number of pyridine rings is 1. The largest absolute Gasteiger partial charge is 0.373 e. The second kappa shape index (κ2) is 7.58. The summed E-state index contributed by atoms with van der Waals surface area (Å²) in [4.78, 5) is 6.34. The average Bonchev–Trinajstić information content (AvgIpc) is 3.06. The minimum absolute atomic E-state index is 0.669. The molecule has 126 valence electrons. The molecule has 2 aromatic heterocycles. The lowest BCUT2D eigenvalue weighted by Gasteiger charge is -2.23. The molecule has 0 aliphatic rings. The second-order valence-corrected chi connectivity index (χ2v) is 5.94. The van der Waals surface area contributed by atoms with Crippen LogP contribution in [0.3, 0.4) is 0 Å². The zero-order valence-corrected chi connectivity index (χ0v) is 14.4. The number of nitrogens with zero attached hydrogens (tertiary/aromatic N) is 6. The van der Waals surface area contributed by atoms with Crippen molar-refractivity contribution in [3.8, 4) is 17.2 Å². The van der Waals surface area contributed by atoms with Crippen LogP contribution in [-0.2, 0) is 13.5 Å². The van der Waals surface area contributed by atoms with Gasteiger partial charge in [-0.05, 0) is 18.6 Å². The van der Waals surface area contributed by atoms with Crippen LogP contribution in [0.25, 0.3) is 11.1 Å². The van der Waals surface area contributed by atoms with E-state index in [0.717, 1.165) is 42.0 Å². The fourth-order valence-corrected chi connectivity index (χ4v) is 2.92. The van der Waals surface area contributed by atoms with Gasteiger partial charge < -0.3 is 9.47 Å². The Hall–Kier alpha value is -3.20. The monoisotopic (exact) mass is 332 g/mol. The summed E-state index contributed by atoms with van der Waals surface area (Å²) < 4.78 is 1.93. The average molecular weight is 332 g/mol. The molecule has 1 aromatic carbocycles. The number of nitriles is 1. The Balaban J connectivity index is 1.82. The summed E-state index contributed by atoms with van der Waals surface area (Å²) in [6.45, 7) is 0.818. The molecule has 2 heterocycles. The van der Waals surface area contributed by atoms with Gasteiger partial charge in [-0.15, -0.1) is 10.2 Å². The molecule has 0 N–H and O–H groups in total. The van der Waals surface area contributed by atoms with Crippen molar-refractivity contribution < 1.29 is 0 Å². The lowest BCUT2D eigenvalue weighted by atomic mass is 10.0. The topological polar surface area (TPSA) is 70.6 Å². The van der Waals surface area contributed by atoms with Crippen LogP contribution in [0.5, 0.6) is 0 Å². The summed E-state index contributed by atoms with van der Waals surface area (Å²) >= 11 is 0. The van der Waals surface area contributed by atoms with Gasteiger partial charge in [0.1, 0.15) is 18.2 Å². The lowest BCUT2D eigenvalue weighted by molar-refractivity contribution is 0.712. The number of aryl methyl sites for hydroxylation is 2. The Kier molecular flexibility index (Phi) is 5.05. The van der Waals surface area contributed by atoms with Crippen LogP contribution in [0, 0.1) is 11.3 Å². The van der Waals surface area contributed by atoms with Crippen molar-refractivity contribution >= 4 is 5.69 Å². The minimum atomic E-state index is 0.669.